The highest BCUT2D eigenvalue weighted by Crippen LogP contribution is 2.38. The summed E-state index contributed by atoms with van der Waals surface area (Å²) in [5.41, 5.74) is 6.82. The fraction of sp³-hybridized carbons (Fsp3) is 0.417. The molecule has 0 heterocycles. The molecule has 15 heavy (non-hydrogen) atoms. The molecule has 80 valence electrons. The van der Waals surface area contributed by atoms with Gasteiger partial charge < -0.3 is 5.73 Å². The number of benzene rings is 1. The number of halogens is 1. The van der Waals surface area contributed by atoms with E-state index in [1.165, 1.54) is 0 Å². The van der Waals surface area contributed by atoms with E-state index in [9.17, 15) is 4.79 Å². The topological polar surface area (TPSA) is 43.1 Å². The molecule has 1 fully saturated rings. The van der Waals surface area contributed by atoms with Gasteiger partial charge in [-0.1, -0.05) is 23.7 Å². The number of hydrogen-bond acceptors (Lipinski definition) is 2. The van der Waals surface area contributed by atoms with E-state index in [1.54, 1.807) is 0 Å². The average Bonchev–Trinajstić information content (AvgIpc) is 2.62. The third kappa shape index (κ3) is 1.92. The second-order valence-electron chi connectivity index (χ2n) is 4.21. The van der Waals surface area contributed by atoms with Gasteiger partial charge in [0.25, 0.3) is 0 Å². The zero-order valence-electron chi connectivity index (χ0n) is 8.50. The van der Waals surface area contributed by atoms with Crippen LogP contribution in [0.3, 0.4) is 0 Å². The van der Waals surface area contributed by atoms with Crippen LogP contribution in [-0.4, -0.2) is 12.3 Å². The van der Waals surface area contributed by atoms with Crippen LogP contribution in [0.2, 0.25) is 5.02 Å². The molecule has 0 bridgehead atoms. The van der Waals surface area contributed by atoms with Crippen molar-refractivity contribution in [2.45, 2.75) is 24.7 Å². The zero-order chi connectivity index (χ0) is 10.9. The quantitative estimate of drug-likeness (QED) is 0.836. The molecule has 1 aromatic rings. The van der Waals surface area contributed by atoms with Crippen molar-refractivity contribution in [2.24, 2.45) is 5.73 Å². The number of ketones is 1. The fourth-order valence-electron chi connectivity index (χ4n) is 2.27. The molecule has 1 saturated carbocycles. The molecule has 0 aromatic heterocycles. The van der Waals surface area contributed by atoms with E-state index in [2.05, 4.69) is 0 Å². The third-order valence-corrected chi connectivity index (χ3v) is 3.52. The molecule has 1 atom stereocenters. The fourth-order valence-corrected chi connectivity index (χ4v) is 2.40. The van der Waals surface area contributed by atoms with Crippen LogP contribution in [0.15, 0.2) is 24.3 Å². The first-order chi connectivity index (χ1) is 7.16. The van der Waals surface area contributed by atoms with Gasteiger partial charge in [0.05, 0.1) is 0 Å². The lowest BCUT2D eigenvalue weighted by atomic mass is 9.79. The molecule has 0 radical (unpaired) electrons. The van der Waals surface area contributed by atoms with Gasteiger partial charge in [0.1, 0.15) is 5.78 Å². The van der Waals surface area contributed by atoms with Gasteiger partial charge >= 0.3 is 0 Å². The van der Waals surface area contributed by atoms with Gasteiger partial charge in [-0.25, -0.2) is 0 Å². The highest BCUT2D eigenvalue weighted by Gasteiger charge is 2.38. The first-order valence-electron chi connectivity index (χ1n) is 5.14. The Kier molecular flexibility index (Phi) is 2.81. The van der Waals surface area contributed by atoms with E-state index in [0.29, 0.717) is 25.2 Å². The molecule has 2 nitrogen and oxygen atoms in total. The Labute approximate surface area is 94.4 Å². The zero-order valence-corrected chi connectivity index (χ0v) is 9.26. The maximum Gasteiger partial charge on any atom is 0.133 e. The minimum absolute atomic E-state index is 0.137. The van der Waals surface area contributed by atoms with Gasteiger partial charge in [-0.3, -0.25) is 4.79 Å². The molecule has 0 spiro atoms. The molecule has 1 aliphatic rings. The predicted octanol–water partition coefficient (Wildman–Crippen LogP) is 2.29. The number of nitrogens with two attached hydrogens (primary N) is 1. The highest BCUT2D eigenvalue weighted by molar-refractivity contribution is 6.30. The predicted molar refractivity (Wildman–Crippen MR) is 61.0 cm³/mol. The summed E-state index contributed by atoms with van der Waals surface area (Å²) >= 11 is 5.84. The smallest absolute Gasteiger partial charge is 0.133 e. The molecule has 1 aromatic carbocycles. The van der Waals surface area contributed by atoms with Crippen molar-refractivity contribution in [3.05, 3.63) is 34.9 Å². The molecule has 1 aliphatic carbocycles. The average molecular weight is 224 g/mol. The van der Waals surface area contributed by atoms with Crippen LogP contribution in [0.5, 0.6) is 0 Å². The minimum atomic E-state index is -0.137. The number of Topliss-reactive ketones (excluding diaryl/α,β-unsaturated/α-hetero) is 1. The minimum Gasteiger partial charge on any atom is -0.330 e. The summed E-state index contributed by atoms with van der Waals surface area (Å²) in [5, 5.41) is 0.718. The van der Waals surface area contributed by atoms with Crippen LogP contribution in [-0.2, 0) is 10.2 Å². The largest absolute Gasteiger partial charge is 0.330 e. The Balaban J connectivity index is 2.34. The van der Waals surface area contributed by atoms with Crippen LogP contribution in [0, 0.1) is 0 Å². The SMILES string of the molecule is NCC1(c2ccc(Cl)cc2)CCC(=O)C1. The van der Waals surface area contributed by atoms with E-state index in [-0.39, 0.29) is 5.41 Å². The van der Waals surface area contributed by atoms with Crippen LogP contribution >= 0.6 is 11.6 Å². The van der Waals surface area contributed by atoms with Gasteiger partial charge in [0, 0.05) is 29.8 Å². The van der Waals surface area contributed by atoms with Gasteiger partial charge in [-0.2, -0.15) is 0 Å². The first kappa shape index (κ1) is 10.7. The molecule has 2 rings (SSSR count). The summed E-state index contributed by atoms with van der Waals surface area (Å²) in [6.07, 6.45) is 2.09. The van der Waals surface area contributed by atoms with Crippen LogP contribution in [0.25, 0.3) is 0 Å². The summed E-state index contributed by atoms with van der Waals surface area (Å²) in [6.45, 7) is 0.528. The van der Waals surface area contributed by atoms with Crippen molar-refractivity contribution >= 4 is 17.4 Å². The Morgan fingerprint density at radius 1 is 1.33 bits per heavy atom. The monoisotopic (exact) mass is 223 g/mol. The molecule has 1 unspecified atom stereocenters. The van der Waals surface area contributed by atoms with Crippen molar-refractivity contribution in [3.8, 4) is 0 Å². The van der Waals surface area contributed by atoms with Gasteiger partial charge in [-0.15, -0.1) is 0 Å². The molecule has 0 aliphatic heterocycles. The summed E-state index contributed by atoms with van der Waals surface area (Å²) in [6, 6.07) is 7.68. The Morgan fingerprint density at radius 2 is 2.00 bits per heavy atom. The van der Waals surface area contributed by atoms with Crippen LogP contribution < -0.4 is 5.73 Å². The molecular weight excluding hydrogens is 210 g/mol. The van der Waals surface area contributed by atoms with E-state index >= 15 is 0 Å². The Bertz CT molecular complexity index is 374. The number of carbonyl (C=O) groups is 1. The third-order valence-electron chi connectivity index (χ3n) is 3.27. The maximum atomic E-state index is 11.4. The second-order valence-corrected chi connectivity index (χ2v) is 4.64. The lowest BCUT2D eigenvalue weighted by Crippen LogP contribution is -2.32. The molecular formula is C12H14ClNO. The van der Waals surface area contributed by atoms with E-state index < -0.39 is 0 Å². The van der Waals surface area contributed by atoms with Crippen molar-refractivity contribution in [3.63, 3.8) is 0 Å². The normalized spacial score (nSPS) is 25.9. The van der Waals surface area contributed by atoms with Crippen molar-refractivity contribution in [2.75, 3.05) is 6.54 Å². The van der Waals surface area contributed by atoms with E-state index in [0.717, 1.165) is 17.0 Å². The van der Waals surface area contributed by atoms with Crippen LogP contribution in [0.4, 0.5) is 0 Å². The lowest BCUT2D eigenvalue weighted by Gasteiger charge is -2.26. The molecule has 2 N–H and O–H groups in total. The van der Waals surface area contributed by atoms with E-state index in [1.807, 2.05) is 24.3 Å². The Morgan fingerprint density at radius 3 is 2.47 bits per heavy atom. The van der Waals surface area contributed by atoms with Gasteiger partial charge in [-0.05, 0) is 24.1 Å². The van der Waals surface area contributed by atoms with Crippen molar-refractivity contribution in [1.29, 1.82) is 0 Å². The summed E-state index contributed by atoms with van der Waals surface area (Å²) in [5.74, 6) is 0.315. The molecule has 0 amide bonds. The number of rotatable bonds is 2. The van der Waals surface area contributed by atoms with Gasteiger partial charge in [0.2, 0.25) is 0 Å². The number of hydrogen-bond donors (Lipinski definition) is 1. The highest BCUT2D eigenvalue weighted by atomic mass is 35.5. The van der Waals surface area contributed by atoms with E-state index in [4.69, 9.17) is 17.3 Å². The molecule has 3 heteroatoms. The first-order valence-corrected chi connectivity index (χ1v) is 5.52. The maximum absolute atomic E-state index is 11.4. The van der Waals surface area contributed by atoms with Crippen molar-refractivity contribution < 1.29 is 4.79 Å². The van der Waals surface area contributed by atoms with Crippen LogP contribution in [0.1, 0.15) is 24.8 Å². The Hall–Kier alpha value is -0.860. The van der Waals surface area contributed by atoms with Crippen molar-refractivity contribution in [1.82, 2.24) is 0 Å². The summed E-state index contributed by atoms with van der Waals surface area (Å²) in [4.78, 5) is 11.4. The second kappa shape index (κ2) is 3.95. The summed E-state index contributed by atoms with van der Waals surface area (Å²) in [7, 11) is 0. The standard InChI is InChI=1S/C12H14ClNO/c13-10-3-1-9(2-4-10)12(8-14)6-5-11(15)7-12/h1-4H,5-8,14H2. The summed E-state index contributed by atoms with van der Waals surface area (Å²) < 4.78 is 0. The molecule has 0 saturated heterocycles. The lowest BCUT2D eigenvalue weighted by molar-refractivity contribution is -0.117. The number of carbonyl (C=O) groups excluding carboxylic acids is 1. The van der Waals surface area contributed by atoms with Gasteiger partial charge in [0.15, 0.2) is 0 Å².